The number of hydrogen-bond acceptors (Lipinski definition) is 0. The van der Waals surface area contributed by atoms with Crippen LogP contribution in [0.4, 0.5) is 0 Å². The van der Waals surface area contributed by atoms with Gasteiger partial charge in [0.25, 0.3) is 0 Å². The molecule has 0 saturated heterocycles. The van der Waals surface area contributed by atoms with Gasteiger partial charge in [-0.1, -0.05) is 328 Å². The van der Waals surface area contributed by atoms with Crippen molar-refractivity contribution >= 4 is 0 Å². The second-order valence-corrected chi connectivity index (χ2v) is 9.90. The highest BCUT2D eigenvalue weighted by atomic mass is 13.5. The summed E-state index contributed by atoms with van der Waals surface area (Å²) in [5.74, 6) is 0. The fraction of sp³-hybridized carbons (Fsp3) is 1.00. The summed E-state index contributed by atoms with van der Waals surface area (Å²) in [4.78, 5) is 0. The summed E-state index contributed by atoms with van der Waals surface area (Å²) < 4.78 is 0. The highest BCUT2D eigenvalue weighted by Crippen LogP contribution is 1.60. The van der Waals surface area contributed by atoms with Crippen LogP contribution in [0.3, 0.4) is 0 Å². The molecule has 48 heavy (non-hydrogen) atoms. The van der Waals surface area contributed by atoms with E-state index in [0.29, 0.717) is 0 Å². The minimum Gasteiger partial charge on any atom is -0.0776 e. The molecule has 0 aromatic heterocycles. The predicted octanol–water partition coefficient (Wildman–Crippen LogP) is 23.6. The highest BCUT2D eigenvalue weighted by molar-refractivity contribution is 3.96. The quantitative estimate of drug-likeness (QED) is 0.234. The molecule has 0 aliphatic rings. The molecule has 0 nitrogen and oxygen atoms in total. The molecule has 0 atom stereocenters. The Kier molecular flexibility index (Phi) is 1430. The summed E-state index contributed by atoms with van der Waals surface area (Å²) >= 11 is 0. The molecule has 0 aliphatic heterocycles. The van der Waals surface area contributed by atoms with Crippen LogP contribution in [0.1, 0.15) is 328 Å². The minimum absolute atomic E-state index is 0. The molecule has 0 heterocycles. The summed E-state index contributed by atoms with van der Waals surface area (Å²) in [5.41, 5.74) is 0. The van der Waals surface area contributed by atoms with Crippen molar-refractivity contribution < 1.29 is 0 Å². The van der Waals surface area contributed by atoms with Crippen molar-refractivity contribution in [3.8, 4) is 0 Å². The van der Waals surface area contributed by atoms with E-state index >= 15 is 0 Å². The maximum atomic E-state index is 2.12. The highest BCUT2D eigenvalue weighted by Gasteiger charge is 1.39. The first kappa shape index (κ1) is 135. The van der Waals surface area contributed by atoms with Gasteiger partial charge in [0.05, 0.1) is 0 Å². The lowest BCUT2D eigenvalue weighted by atomic mass is 10.6. The van der Waals surface area contributed by atoms with E-state index in [-0.39, 0.29) is 44.6 Å². The third kappa shape index (κ3) is 0. The van der Waals surface area contributed by atoms with Crippen LogP contribution in [0.25, 0.3) is 0 Å². The van der Waals surface area contributed by atoms with Crippen LogP contribution in [0.15, 0.2) is 0 Å². The molecule has 0 aromatic rings. The van der Waals surface area contributed by atoms with Crippen molar-refractivity contribution in [2.75, 3.05) is 0 Å². The predicted molar refractivity (Wildman–Crippen MR) is 264 cm³/mol. The zero-order chi connectivity index (χ0) is 37.9. The van der Waals surface area contributed by atoms with Gasteiger partial charge in [0.1, 0.15) is 0 Å². The molecule has 0 unspecified atom stereocenters. The standard InChI is InChI=1S/14C3H8.6CH4/c14*1-3-2;;;;;;/h14*3H2,1-2H3;6*1H4. The van der Waals surface area contributed by atoms with Crippen LogP contribution in [-0.4, -0.2) is 0 Å². The second kappa shape index (κ2) is 507. The molecule has 0 fully saturated rings. The molecule has 0 spiro atoms. The van der Waals surface area contributed by atoms with Gasteiger partial charge < -0.3 is 0 Å². The van der Waals surface area contributed by atoms with Gasteiger partial charge in [-0.3, -0.25) is 0 Å². The molecule has 0 saturated carbocycles. The van der Waals surface area contributed by atoms with Crippen molar-refractivity contribution in [1.29, 1.82) is 0 Å². The summed E-state index contributed by atoms with van der Waals surface area (Å²) in [6, 6.07) is 0. The topological polar surface area (TPSA) is 0 Å². The van der Waals surface area contributed by atoms with E-state index in [4.69, 9.17) is 0 Å². The van der Waals surface area contributed by atoms with Crippen molar-refractivity contribution in [3.63, 3.8) is 0 Å². The Morgan fingerprint density at radius 2 is 0.104 bits per heavy atom. The summed E-state index contributed by atoms with van der Waals surface area (Å²) in [6.07, 6.45) is 17.5. The molecule has 0 N–H and O–H groups in total. The van der Waals surface area contributed by atoms with Gasteiger partial charge in [-0.05, 0) is 0 Å². The normalized spacial score (nSPS) is 5.25. The van der Waals surface area contributed by atoms with Crippen LogP contribution in [-0.2, 0) is 0 Å². The molecule has 0 bridgehead atoms. The first-order chi connectivity index (χ1) is 19.8. The summed E-state index contributed by atoms with van der Waals surface area (Å²) in [6.45, 7) is 59.5. The van der Waals surface area contributed by atoms with Crippen LogP contribution < -0.4 is 0 Å². The Labute approximate surface area is 327 Å². The fourth-order valence-corrected chi connectivity index (χ4v) is 0. The molecule has 0 rings (SSSR count). The molecule has 0 aliphatic carbocycles. The lowest BCUT2D eigenvalue weighted by Crippen LogP contribution is -1.27. The summed E-state index contributed by atoms with van der Waals surface area (Å²) in [5, 5.41) is 0. The van der Waals surface area contributed by atoms with Gasteiger partial charge in [0.2, 0.25) is 0 Å². The lowest BCUT2D eigenvalue weighted by molar-refractivity contribution is 1.09. The Morgan fingerprint density at radius 1 is 0.104 bits per heavy atom. The molecular formula is C48H136. The lowest BCUT2D eigenvalue weighted by Gasteiger charge is -1.48. The smallest absolute Gasteiger partial charge is 0.0590 e. The largest absolute Gasteiger partial charge is 0.0776 e. The van der Waals surface area contributed by atoms with Crippen molar-refractivity contribution in [2.45, 2.75) is 328 Å². The first-order valence-electron chi connectivity index (χ1n) is 19.8. The zero-order valence-corrected chi connectivity index (χ0v) is 37.9. The zero-order valence-electron chi connectivity index (χ0n) is 37.9. The van der Waals surface area contributed by atoms with Crippen molar-refractivity contribution in [1.82, 2.24) is 0 Å². The van der Waals surface area contributed by atoms with Gasteiger partial charge in [-0.25, -0.2) is 0 Å². The Hall–Kier alpha value is 0. The number of hydrogen-bond donors (Lipinski definition) is 0. The van der Waals surface area contributed by atoms with Gasteiger partial charge in [-0.2, -0.15) is 0 Å². The van der Waals surface area contributed by atoms with E-state index in [0.717, 1.165) is 0 Å². The average molecular weight is 714 g/mol. The van der Waals surface area contributed by atoms with Gasteiger partial charge in [0.15, 0.2) is 0 Å². The van der Waals surface area contributed by atoms with Gasteiger partial charge >= 0.3 is 0 Å². The van der Waals surface area contributed by atoms with Crippen molar-refractivity contribution in [2.24, 2.45) is 0 Å². The maximum absolute atomic E-state index is 2.12. The van der Waals surface area contributed by atoms with E-state index in [2.05, 4.69) is 194 Å². The molecule has 328 valence electrons. The Bertz CT molecular complexity index is 53.3. The van der Waals surface area contributed by atoms with Crippen LogP contribution in [0.5, 0.6) is 0 Å². The van der Waals surface area contributed by atoms with Crippen LogP contribution in [0, 0.1) is 0 Å². The third-order valence-electron chi connectivity index (χ3n) is 0. The first-order valence-corrected chi connectivity index (χ1v) is 19.8. The molecule has 0 radical (unpaired) electrons. The molecule has 0 heteroatoms. The molecule has 0 aromatic carbocycles. The Balaban J connectivity index is -0.00000000968. The van der Waals surface area contributed by atoms with Gasteiger partial charge in [-0.15, -0.1) is 0 Å². The van der Waals surface area contributed by atoms with Gasteiger partial charge in [0, 0.05) is 0 Å². The van der Waals surface area contributed by atoms with E-state index in [1.54, 1.807) is 0 Å². The summed E-state index contributed by atoms with van der Waals surface area (Å²) in [7, 11) is 0. The SMILES string of the molecule is C.C.C.C.C.C.CCC.CCC.CCC.CCC.CCC.CCC.CCC.CCC.CCC.CCC.CCC.CCC.CCC.CCC. The minimum atomic E-state index is 0. The van der Waals surface area contributed by atoms with E-state index in [1.807, 2.05) is 0 Å². The van der Waals surface area contributed by atoms with Crippen molar-refractivity contribution in [3.05, 3.63) is 0 Å². The number of rotatable bonds is 0. The maximum Gasteiger partial charge on any atom is -0.0590 e. The average Bonchev–Trinajstić information content (AvgIpc) is 2.86. The fourth-order valence-electron chi connectivity index (χ4n) is 0. The van der Waals surface area contributed by atoms with E-state index in [9.17, 15) is 0 Å². The van der Waals surface area contributed by atoms with Crippen LogP contribution >= 0.6 is 0 Å². The molecule has 0 amide bonds. The van der Waals surface area contributed by atoms with Crippen LogP contribution in [0.2, 0.25) is 0 Å². The monoisotopic (exact) mass is 713 g/mol. The Morgan fingerprint density at radius 3 is 0.104 bits per heavy atom. The van der Waals surface area contributed by atoms with E-state index < -0.39 is 0 Å². The van der Waals surface area contributed by atoms with E-state index in [1.165, 1.54) is 89.9 Å². The third-order valence-corrected chi connectivity index (χ3v) is 0. The molecular weight excluding hydrogens is 577 g/mol. The second-order valence-electron chi connectivity index (χ2n) is 9.90.